The van der Waals surface area contributed by atoms with Crippen molar-refractivity contribution >= 4 is 6.72 Å². The minimum Gasteiger partial charge on any atom is -0.378 e. The van der Waals surface area contributed by atoms with Crippen molar-refractivity contribution < 1.29 is 0 Å². The van der Waals surface area contributed by atoms with Crippen LogP contribution in [-0.4, -0.2) is 25.2 Å². The molecule has 2 nitrogen and oxygen atoms in total. The van der Waals surface area contributed by atoms with Gasteiger partial charge in [0.05, 0.1) is 0 Å². The summed E-state index contributed by atoms with van der Waals surface area (Å²) in [6, 6.07) is 0. The molecular formula is C9H16N2. The van der Waals surface area contributed by atoms with Crippen LogP contribution in [0.15, 0.2) is 29.0 Å². The van der Waals surface area contributed by atoms with Crippen LogP contribution >= 0.6 is 0 Å². The summed E-state index contributed by atoms with van der Waals surface area (Å²) in [5, 5.41) is 0. The van der Waals surface area contributed by atoms with E-state index in [1.54, 1.807) is 6.20 Å². The smallest absolute Gasteiger partial charge is 0.0261 e. The summed E-state index contributed by atoms with van der Waals surface area (Å²) in [4.78, 5) is 5.76. The molecular weight excluding hydrogens is 136 g/mol. The van der Waals surface area contributed by atoms with Gasteiger partial charge in [-0.05, 0) is 32.7 Å². The largest absolute Gasteiger partial charge is 0.378 e. The SMILES string of the molecule is C=N/C=C\C=C(\C)N(C)CC. The molecule has 0 radical (unpaired) electrons. The third-order valence-electron chi connectivity index (χ3n) is 1.61. The van der Waals surface area contributed by atoms with Crippen molar-refractivity contribution in [3.05, 3.63) is 24.0 Å². The molecule has 0 rings (SSSR count). The van der Waals surface area contributed by atoms with E-state index in [1.165, 1.54) is 5.70 Å². The van der Waals surface area contributed by atoms with Gasteiger partial charge < -0.3 is 4.90 Å². The van der Waals surface area contributed by atoms with E-state index in [-0.39, 0.29) is 0 Å². The normalized spacial score (nSPS) is 12.1. The molecule has 0 atom stereocenters. The van der Waals surface area contributed by atoms with Crippen LogP contribution in [0.2, 0.25) is 0 Å². The average Bonchev–Trinajstić information content (AvgIpc) is 2.03. The Bertz CT molecular complexity index is 168. The molecule has 0 saturated carbocycles. The van der Waals surface area contributed by atoms with Gasteiger partial charge in [0.2, 0.25) is 0 Å². The van der Waals surface area contributed by atoms with Gasteiger partial charge in [-0.3, -0.25) is 4.99 Å². The van der Waals surface area contributed by atoms with Gasteiger partial charge in [-0.15, -0.1) is 0 Å². The van der Waals surface area contributed by atoms with Gasteiger partial charge in [0.1, 0.15) is 0 Å². The standard InChI is InChI=1S/C9H16N2/c1-5-11(4)9(2)7-6-8-10-3/h6-8H,3,5H2,1-2,4H3/b8-6-,9-7-. The molecule has 11 heavy (non-hydrogen) atoms. The quantitative estimate of drug-likeness (QED) is 0.444. The monoisotopic (exact) mass is 152 g/mol. The maximum absolute atomic E-state index is 3.60. The Balaban J connectivity index is 3.98. The molecule has 0 aliphatic carbocycles. The van der Waals surface area contributed by atoms with Crippen molar-refractivity contribution in [3.63, 3.8) is 0 Å². The predicted octanol–water partition coefficient (Wildman–Crippen LogP) is 2.06. The van der Waals surface area contributed by atoms with Crippen LogP contribution in [-0.2, 0) is 0 Å². The lowest BCUT2D eigenvalue weighted by Gasteiger charge is -2.16. The molecule has 0 saturated heterocycles. The molecule has 0 aromatic rings. The minimum absolute atomic E-state index is 1.03. The van der Waals surface area contributed by atoms with Gasteiger partial charge in [-0.25, -0.2) is 0 Å². The fourth-order valence-electron chi connectivity index (χ4n) is 0.620. The van der Waals surface area contributed by atoms with E-state index in [4.69, 9.17) is 0 Å². The van der Waals surface area contributed by atoms with Crippen molar-refractivity contribution in [1.82, 2.24) is 4.90 Å². The first-order chi connectivity index (χ1) is 5.22. The molecule has 0 spiro atoms. The molecule has 0 aromatic heterocycles. The van der Waals surface area contributed by atoms with Gasteiger partial charge in [-0.1, -0.05) is 0 Å². The highest BCUT2D eigenvalue weighted by Crippen LogP contribution is 1.98. The lowest BCUT2D eigenvalue weighted by molar-refractivity contribution is 0.443. The Hall–Kier alpha value is -1.05. The van der Waals surface area contributed by atoms with Crippen molar-refractivity contribution in [2.24, 2.45) is 4.99 Å². The van der Waals surface area contributed by atoms with Crippen LogP contribution in [0.4, 0.5) is 0 Å². The van der Waals surface area contributed by atoms with Crippen molar-refractivity contribution in [1.29, 1.82) is 0 Å². The highest BCUT2D eigenvalue weighted by atomic mass is 15.1. The topological polar surface area (TPSA) is 15.6 Å². The first kappa shape index (κ1) is 9.95. The summed E-state index contributed by atoms with van der Waals surface area (Å²) in [6.45, 7) is 8.55. The van der Waals surface area contributed by atoms with Crippen molar-refractivity contribution in [2.75, 3.05) is 13.6 Å². The van der Waals surface area contributed by atoms with E-state index >= 15 is 0 Å². The van der Waals surface area contributed by atoms with Crippen molar-refractivity contribution in [2.45, 2.75) is 13.8 Å². The molecule has 0 aliphatic heterocycles. The molecule has 0 N–H and O–H groups in total. The molecule has 0 bridgehead atoms. The Morgan fingerprint density at radius 1 is 1.64 bits per heavy atom. The third kappa shape index (κ3) is 4.37. The summed E-state index contributed by atoms with van der Waals surface area (Å²) >= 11 is 0. The van der Waals surface area contributed by atoms with Crippen LogP contribution in [0.25, 0.3) is 0 Å². The highest BCUT2D eigenvalue weighted by Gasteiger charge is 1.90. The van der Waals surface area contributed by atoms with Crippen LogP contribution in [0.3, 0.4) is 0 Å². The number of hydrogen-bond acceptors (Lipinski definition) is 2. The predicted molar refractivity (Wildman–Crippen MR) is 50.8 cm³/mol. The second kappa shape index (κ2) is 5.71. The van der Waals surface area contributed by atoms with E-state index < -0.39 is 0 Å². The lowest BCUT2D eigenvalue weighted by Crippen LogP contribution is -2.14. The molecule has 0 aliphatic rings. The fourth-order valence-corrected chi connectivity index (χ4v) is 0.620. The summed E-state index contributed by atoms with van der Waals surface area (Å²) in [5.41, 5.74) is 1.23. The van der Waals surface area contributed by atoms with Crippen LogP contribution in [0.5, 0.6) is 0 Å². The molecule has 0 heterocycles. The second-order valence-electron chi connectivity index (χ2n) is 2.35. The van der Waals surface area contributed by atoms with E-state index in [1.807, 2.05) is 12.2 Å². The highest BCUT2D eigenvalue weighted by molar-refractivity contribution is 5.26. The first-order valence-corrected chi connectivity index (χ1v) is 3.72. The average molecular weight is 152 g/mol. The van der Waals surface area contributed by atoms with E-state index in [9.17, 15) is 0 Å². The number of allylic oxidation sites excluding steroid dienone is 3. The van der Waals surface area contributed by atoms with Gasteiger partial charge >= 0.3 is 0 Å². The Morgan fingerprint density at radius 2 is 2.27 bits per heavy atom. The van der Waals surface area contributed by atoms with E-state index in [0.29, 0.717) is 0 Å². The number of rotatable bonds is 4. The van der Waals surface area contributed by atoms with Crippen LogP contribution in [0.1, 0.15) is 13.8 Å². The summed E-state index contributed by atoms with van der Waals surface area (Å²) in [6.07, 6.45) is 5.57. The number of aliphatic imine (C=N–C) groups is 1. The van der Waals surface area contributed by atoms with Crippen LogP contribution < -0.4 is 0 Å². The van der Waals surface area contributed by atoms with Gasteiger partial charge in [0, 0.05) is 25.5 Å². The Kier molecular flexibility index (Phi) is 5.17. The van der Waals surface area contributed by atoms with Gasteiger partial charge in [-0.2, -0.15) is 0 Å². The van der Waals surface area contributed by atoms with Crippen LogP contribution in [0, 0.1) is 0 Å². The number of nitrogens with zero attached hydrogens (tertiary/aromatic N) is 2. The molecule has 0 aromatic carbocycles. The molecule has 0 amide bonds. The Labute approximate surface area is 68.9 Å². The van der Waals surface area contributed by atoms with E-state index in [2.05, 4.69) is 37.5 Å². The zero-order valence-corrected chi connectivity index (χ0v) is 7.54. The molecule has 0 unspecified atom stereocenters. The zero-order chi connectivity index (χ0) is 8.69. The lowest BCUT2D eigenvalue weighted by atomic mass is 10.4. The number of hydrogen-bond donors (Lipinski definition) is 0. The second-order valence-corrected chi connectivity index (χ2v) is 2.35. The maximum atomic E-state index is 3.60. The third-order valence-corrected chi connectivity index (χ3v) is 1.61. The van der Waals surface area contributed by atoms with E-state index in [0.717, 1.165) is 6.54 Å². The molecule has 2 heteroatoms. The molecule has 0 fully saturated rings. The zero-order valence-electron chi connectivity index (χ0n) is 7.54. The minimum atomic E-state index is 1.03. The Morgan fingerprint density at radius 3 is 2.73 bits per heavy atom. The first-order valence-electron chi connectivity index (χ1n) is 3.72. The summed E-state index contributed by atoms with van der Waals surface area (Å²) in [5.74, 6) is 0. The van der Waals surface area contributed by atoms with Gasteiger partial charge in [0.25, 0.3) is 0 Å². The summed E-state index contributed by atoms with van der Waals surface area (Å²) < 4.78 is 0. The molecule has 62 valence electrons. The van der Waals surface area contributed by atoms with Crippen molar-refractivity contribution in [3.8, 4) is 0 Å². The fraction of sp³-hybridized carbons (Fsp3) is 0.444. The maximum Gasteiger partial charge on any atom is 0.0261 e. The summed E-state index contributed by atoms with van der Waals surface area (Å²) in [7, 11) is 2.06. The van der Waals surface area contributed by atoms with Gasteiger partial charge in [0.15, 0.2) is 0 Å².